The molecule has 2 amide bonds. The molecule has 2 saturated heterocycles. The summed E-state index contributed by atoms with van der Waals surface area (Å²) < 4.78 is 0. The van der Waals surface area contributed by atoms with E-state index in [4.69, 9.17) is 11.0 Å². The number of carbonyl (C=O) groups is 3. The lowest BCUT2D eigenvalue weighted by Gasteiger charge is -2.41. The van der Waals surface area contributed by atoms with E-state index in [-0.39, 0.29) is 11.8 Å². The Hall–Kier alpha value is -3.12. The number of benzene rings is 1. The van der Waals surface area contributed by atoms with E-state index in [1.807, 2.05) is 19.1 Å². The van der Waals surface area contributed by atoms with Gasteiger partial charge in [0.1, 0.15) is 6.04 Å². The van der Waals surface area contributed by atoms with Crippen molar-refractivity contribution in [3.05, 3.63) is 29.3 Å². The van der Waals surface area contributed by atoms with Gasteiger partial charge >= 0.3 is 5.97 Å². The molecule has 0 radical (unpaired) electrons. The van der Waals surface area contributed by atoms with Crippen molar-refractivity contribution in [1.29, 1.82) is 5.26 Å². The third-order valence-electron chi connectivity index (χ3n) is 7.08. The second-order valence-corrected chi connectivity index (χ2v) is 8.95. The Bertz CT molecular complexity index is 965. The minimum atomic E-state index is -1.02. The van der Waals surface area contributed by atoms with Crippen molar-refractivity contribution in [2.24, 2.45) is 23.0 Å². The number of aryl methyl sites for hydroxylation is 1. The summed E-state index contributed by atoms with van der Waals surface area (Å²) in [7, 11) is 0. The number of aliphatic carboxylic acids is 1. The van der Waals surface area contributed by atoms with Crippen LogP contribution in [0, 0.1) is 35.5 Å². The first-order chi connectivity index (χ1) is 14.8. The number of rotatable bonds is 4. The summed E-state index contributed by atoms with van der Waals surface area (Å²) in [6.07, 6.45) is 0.881. The molecule has 0 bridgehead atoms. The first-order valence-electron chi connectivity index (χ1n) is 10.6. The molecule has 1 saturated carbocycles. The quantitative estimate of drug-likeness (QED) is 0.620. The summed E-state index contributed by atoms with van der Waals surface area (Å²) in [5.41, 5.74) is 7.66. The number of nitrogens with one attached hydrogen (secondary N) is 1. The minimum absolute atomic E-state index is 0.199. The van der Waals surface area contributed by atoms with Gasteiger partial charge in [0.15, 0.2) is 0 Å². The van der Waals surface area contributed by atoms with E-state index in [0.29, 0.717) is 51.1 Å². The zero-order valence-corrected chi connectivity index (χ0v) is 17.5. The second-order valence-electron chi connectivity index (χ2n) is 8.95. The lowest BCUT2D eigenvalue weighted by molar-refractivity contribution is -0.151. The van der Waals surface area contributed by atoms with Gasteiger partial charge in [-0.05, 0) is 48.9 Å². The van der Waals surface area contributed by atoms with Gasteiger partial charge in [-0.15, -0.1) is 0 Å². The summed E-state index contributed by atoms with van der Waals surface area (Å²) in [6.45, 7) is 4.66. The van der Waals surface area contributed by atoms with Gasteiger partial charge in [-0.25, -0.2) is 0 Å². The number of piperidine rings is 1. The molecule has 4 N–H and O–H groups in total. The summed E-state index contributed by atoms with van der Waals surface area (Å²) in [4.78, 5) is 40.5. The molecule has 9 heteroatoms. The molecule has 31 heavy (non-hydrogen) atoms. The molecule has 2 heterocycles. The van der Waals surface area contributed by atoms with Crippen LogP contribution in [-0.4, -0.2) is 66.6 Å². The van der Waals surface area contributed by atoms with Crippen molar-refractivity contribution in [3.63, 3.8) is 0 Å². The number of primary amides is 1. The number of hydrogen-bond donors (Lipinski definition) is 3. The highest BCUT2D eigenvalue weighted by Crippen LogP contribution is 2.58. The van der Waals surface area contributed by atoms with Crippen molar-refractivity contribution in [2.75, 3.05) is 37.6 Å². The highest BCUT2D eigenvalue weighted by atomic mass is 16.4. The largest absolute Gasteiger partial charge is 0.481 e. The van der Waals surface area contributed by atoms with Crippen molar-refractivity contribution in [3.8, 4) is 6.07 Å². The van der Waals surface area contributed by atoms with E-state index in [9.17, 15) is 19.5 Å². The maximum atomic E-state index is 13.2. The lowest BCUT2D eigenvalue weighted by Crippen LogP contribution is -2.60. The third kappa shape index (κ3) is 3.83. The van der Waals surface area contributed by atoms with Crippen molar-refractivity contribution < 1.29 is 19.5 Å². The van der Waals surface area contributed by atoms with E-state index in [0.717, 1.165) is 11.3 Å². The first-order valence-corrected chi connectivity index (χ1v) is 10.6. The van der Waals surface area contributed by atoms with Gasteiger partial charge in [0.05, 0.1) is 17.6 Å². The fraction of sp³-hybridized carbons (Fsp3) is 0.545. The number of nitriles is 1. The van der Waals surface area contributed by atoms with Crippen LogP contribution >= 0.6 is 0 Å². The Morgan fingerprint density at radius 1 is 1.23 bits per heavy atom. The lowest BCUT2D eigenvalue weighted by atomic mass is 9.80. The number of carboxylic acids is 1. The number of carbonyl (C=O) groups excluding carboxylic acids is 2. The van der Waals surface area contributed by atoms with Crippen LogP contribution in [0.3, 0.4) is 0 Å². The van der Waals surface area contributed by atoms with Crippen LogP contribution in [0.25, 0.3) is 0 Å². The Morgan fingerprint density at radius 3 is 2.48 bits per heavy atom. The van der Waals surface area contributed by atoms with Gasteiger partial charge in [-0.2, -0.15) is 5.26 Å². The zero-order chi connectivity index (χ0) is 22.3. The van der Waals surface area contributed by atoms with Gasteiger partial charge in [0.25, 0.3) is 0 Å². The predicted molar refractivity (Wildman–Crippen MR) is 112 cm³/mol. The highest BCUT2D eigenvalue weighted by Gasteiger charge is 2.62. The van der Waals surface area contributed by atoms with Crippen LogP contribution in [-0.2, 0) is 14.4 Å². The standard InChI is InChI=1S/C22H27N5O4/c1-13-8-14(11-23)2-3-17(13)26-4-6-27(7-5-26)20(29)18-15(21(30)31)9-22(12-25-18)10-16(22)19(24)28/h2-3,8,15-16,18,25H,4-7,9-10,12H2,1H3,(H2,24,28)(H,30,31). The molecule has 2 aliphatic heterocycles. The molecular weight excluding hydrogens is 398 g/mol. The number of nitrogens with zero attached hydrogens (tertiary/aromatic N) is 3. The van der Waals surface area contributed by atoms with E-state index in [1.165, 1.54) is 0 Å². The fourth-order valence-electron chi connectivity index (χ4n) is 5.19. The molecule has 1 aromatic rings. The predicted octanol–water partition coefficient (Wildman–Crippen LogP) is 0.0696. The number of anilines is 1. The SMILES string of the molecule is Cc1cc(C#N)ccc1N1CCN(C(=O)C2NCC3(CC2C(=O)O)CC3C(N)=O)CC1. The van der Waals surface area contributed by atoms with E-state index < -0.39 is 29.3 Å². The van der Waals surface area contributed by atoms with Gasteiger partial charge < -0.3 is 26.0 Å². The molecule has 0 aromatic heterocycles. The topological polar surface area (TPSA) is 140 Å². The Kier molecular flexibility index (Phi) is 5.35. The highest BCUT2D eigenvalue weighted by molar-refractivity contribution is 5.89. The van der Waals surface area contributed by atoms with E-state index in [1.54, 1.807) is 11.0 Å². The minimum Gasteiger partial charge on any atom is -0.481 e. The average Bonchev–Trinajstić information content (AvgIpc) is 3.46. The van der Waals surface area contributed by atoms with Gasteiger partial charge in [-0.1, -0.05) is 0 Å². The Balaban J connectivity index is 1.40. The molecule has 4 unspecified atom stereocenters. The maximum Gasteiger partial charge on any atom is 0.308 e. The van der Waals surface area contributed by atoms with Gasteiger partial charge in [0, 0.05) is 44.3 Å². The van der Waals surface area contributed by atoms with Crippen molar-refractivity contribution in [1.82, 2.24) is 10.2 Å². The van der Waals surface area contributed by atoms with Gasteiger partial charge in [-0.3, -0.25) is 14.4 Å². The molecule has 4 rings (SSSR count). The third-order valence-corrected chi connectivity index (χ3v) is 7.08. The summed E-state index contributed by atoms with van der Waals surface area (Å²) in [5, 5.41) is 21.9. The molecule has 1 aliphatic carbocycles. The first kappa shape index (κ1) is 21.1. The smallest absolute Gasteiger partial charge is 0.308 e. The Morgan fingerprint density at radius 2 is 1.94 bits per heavy atom. The monoisotopic (exact) mass is 425 g/mol. The number of hydrogen-bond acceptors (Lipinski definition) is 6. The zero-order valence-electron chi connectivity index (χ0n) is 17.5. The van der Waals surface area contributed by atoms with Crippen LogP contribution in [0.1, 0.15) is 24.0 Å². The fourth-order valence-corrected chi connectivity index (χ4v) is 5.19. The number of carboxylic acid groups (broad SMARTS) is 1. The molecular formula is C22H27N5O4. The van der Waals surface area contributed by atoms with Crippen LogP contribution in [0.4, 0.5) is 5.69 Å². The van der Waals surface area contributed by atoms with Crippen LogP contribution in [0.5, 0.6) is 0 Å². The van der Waals surface area contributed by atoms with Crippen molar-refractivity contribution >= 4 is 23.5 Å². The normalized spacial score (nSPS) is 30.0. The molecule has 9 nitrogen and oxygen atoms in total. The summed E-state index contributed by atoms with van der Waals surface area (Å²) in [6, 6.07) is 6.91. The van der Waals surface area contributed by atoms with Crippen molar-refractivity contribution in [2.45, 2.75) is 25.8 Å². The Labute approximate surface area is 180 Å². The molecule has 1 aromatic carbocycles. The van der Waals surface area contributed by atoms with Crippen LogP contribution in [0.15, 0.2) is 18.2 Å². The van der Waals surface area contributed by atoms with Crippen LogP contribution < -0.4 is 16.0 Å². The molecule has 3 aliphatic rings. The number of piperazine rings is 1. The second kappa shape index (κ2) is 7.85. The number of nitrogens with two attached hydrogens (primary N) is 1. The maximum absolute atomic E-state index is 13.2. The average molecular weight is 425 g/mol. The summed E-state index contributed by atoms with van der Waals surface area (Å²) in [5.74, 6) is -2.80. The molecule has 4 atom stereocenters. The van der Waals surface area contributed by atoms with Gasteiger partial charge in [0.2, 0.25) is 11.8 Å². The molecule has 3 fully saturated rings. The number of amides is 2. The molecule has 1 spiro atoms. The molecule has 164 valence electrons. The van der Waals surface area contributed by atoms with Crippen LogP contribution in [0.2, 0.25) is 0 Å². The summed E-state index contributed by atoms with van der Waals surface area (Å²) >= 11 is 0. The van der Waals surface area contributed by atoms with E-state index in [2.05, 4.69) is 16.3 Å². The van der Waals surface area contributed by atoms with E-state index >= 15 is 0 Å².